The molecule has 0 bridgehead atoms. The number of fused-ring (bicyclic) bond motifs is 1. The molecule has 1 aliphatic carbocycles. The number of rotatable bonds is 5. The number of Topliss-reactive ketones (excluding diaryl/α,β-unsaturated/α-hetero) is 1. The highest BCUT2D eigenvalue weighted by molar-refractivity contribution is 7.99. The maximum Gasteiger partial charge on any atom is 0.277 e. The van der Waals surface area contributed by atoms with Crippen LogP contribution in [0.25, 0.3) is 11.5 Å². The summed E-state index contributed by atoms with van der Waals surface area (Å²) in [6.07, 6.45) is 4.66. The molecular formula is C21H20N2O2S. The van der Waals surface area contributed by atoms with Crippen LogP contribution in [0, 0.1) is 6.92 Å². The van der Waals surface area contributed by atoms with E-state index in [0.717, 1.165) is 29.5 Å². The summed E-state index contributed by atoms with van der Waals surface area (Å²) in [5.74, 6) is 0.880. The number of carbonyl (C=O) groups is 1. The monoisotopic (exact) mass is 364 g/mol. The molecule has 0 amide bonds. The molecule has 0 fully saturated rings. The first-order valence-corrected chi connectivity index (χ1v) is 9.86. The third kappa shape index (κ3) is 3.73. The van der Waals surface area contributed by atoms with E-state index in [1.165, 1.54) is 35.7 Å². The average molecular weight is 364 g/mol. The lowest BCUT2D eigenvalue weighted by molar-refractivity contribution is 0.102. The van der Waals surface area contributed by atoms with E-state index >= 15 is 0 Å². The Morgan fingerprint density at radius 3 is 2.77 bits per heavy atom. The first kappa shape index (κ1) is 17.0. The Hall–Kier alpha value is -2.40. The smallest absolute Gasteiger partial charge is 0.277 e. The molecule has 0 saturated carbocycles. The zero-order valence-corrected chi connectivity index (χ0v) is 15.5. The first-order valence-electron chi connectivity index (χ1n) is 8.87. The van der Waals surface area contributed by atoms with Crippen LogP contribution in [0.5, 0.6) is 0 Å². The molecular weight excluding hydrogens is 344 g/mol. The number of carbonyl (C=O) groups excluding carboxylic acids is 1. The van der Waals surface area contributed by atoms with Crippen molar-refractivity contribution in [2.24, 2.45) is 0 Å². The van der Waals surface area contributed by atoms with Crippen molar-refractivity contribution in [1.82, 2.24) is 10.2 Å². The summed E-state index contributed by atoms with van der Waals surface area (Å²) < 4.78 is 5.69. The second-order valence-electron chi connectivity index (χ2n) is 6.65. The van der Waals surface area contributed by atoms with Gasteiger partial charge in [-0.2, -0.15) is 0 Å². The van der Waals surface area contributed by atoms with Gasteiger partial charge in [0.05, 0.1) is 5.75 Å². The maximum atomic E-state index is 12.5. The lowest BCUT2D eigenvalue weighted by Gasteiger charge is -2.16. The van der Waals surface area contributed by atoms with Gasteiger partial charge in [0.15, 0.2) is 5.78 Å². The van der Waals surface area contributed by atoms with Crippen LogP contribution < -0.4 is 0 Å². The van der Waals surface area contributed by atoms with Crippen LogP contribution in [0.15, 0.2) is 52.1 Å². The highest BCUT2D eigenvalue weighted by Crippen LogP contribution is 2.26. The van der Waals surface area contributed by atoms with Crippen LogP contribution >= 0.6 is 11.8 Å². The van der Waals surface area contributed by atoms with Crippen molar-refractivity contribution in [2.75, 3.05) is 5.75 Å². The summed E-state index contributed by atoms with van der Waals surface area (Å²) in [7, 11) is 0. The molecule has 1 heterocycles. The molecule has 0 unspecified atom stereocenters. The summed E-state index contributed by atoms with van der Waals surface area (Å²) in [4.78, 5) is 12.5. The van der Waals surface area contributed by atoms with Gasteiger partial charge in [0.1, 0.15) is 0 Å². The van der Waals surface area contributed by atoms with Gasteiger partial charge in [0, 0.05) is 11.1 Å². The van der Waals surface area contributed by atoms with E-state index in [2.05, 4.69) is 22.3 Å². The van der Waals surface area contributed by atoms with Crippen LogP contribution in [-0.2, 0) is 12.8 Å². The minimum Gasteiger partial charge on any atom is -0.411 e. The largest absolute Gasteiger partial charge is 0.411 e. The SMILES string of the molecule is Cc1cccc(-c2nnc(SCC(=O)c3ccc4c(c3)CCCC4)o2)c1. The van der Waals surface area contributed by atoms with Crippen LogP contribution in [-0.4, -0.2) is 21.7 Å². The van der Waals surface area contributed by atoms with Crippen molar-refractivity contribution in [1.29, 1.82) is 0 Å². The number of benzene rings is 2. The lowest BCUT2D eigenvalue weighted by atomic mass is 9.90. The van der Waals surface area contributed by atoms with Gasteiger partial charge in [-0.25, -0.2) is 0 Å². The zero-order chi connectivity index (χ0) is 17.9. The highest BCUT2D eigenvalue weighted by Gasteiger charge is 2.15. The second kappa shape index (κ2) is 7.46. The quantitative estimate of drug-likeness (QED) is 0.476. The average Bonchev–Trinajstić information content (AvgIpc) is 3.15. The molecule has 5 heteroatoms. The van der Waals surface area contributed by atoms with Gasteiger partial charge in [-0.05, 0) is 61.9 Å². The van der Waals surface area contributed by atoms with E-state index in [1.54, 1.807) is 0 Å². The number of ketones is 1. The summed E-state index contributed by atoms with van der Waals surface area (Å²) in [5, 5.41) is 8.56. The molecule has 0 saturated heterocycles. The van der Waals surface area contributed by atoms with Crippen molar-refractivity contribution in [3.8, 4) is 11.5 Å². The number of thioether (sulfide) groups is 1. The molecule has 132 valence electrons. The molecule has 26 heavy (non-hydrogen) atoms. The molecule has 3 aromatic rings. The predicted octanol–water partition coefficient (Wildman–Crippen LogP) is 4.90. The van der Waals surface area contributed by atoms with Crippen molar-refractivity contribution >= 4 is 17.5 Å². The van der Waals surface area contributed by atoms with Gasteiger partial charge in [-0.15, -0.1) is 10.2 Å². The van der Waals surface area contributed by atoms with Crippen LogP contribution in [0.2, 0.25) is 0 Å². The number of hydrogen-bond acceptors (Lipinski definition) is 5. The van der Waals surface area contributed by atoms with Crippen molar-refractivity contribution in [3.63, 3.8) is 0 Å². The van der Waals surface area contributed by atoms with E-state index < -0.39 is 0 Å². The Morgan fingerprint density at radius 2 is 1.92 bits per heavy atom. The fourth-order valence-electron chi connectivity index (χ4n) is 3.28. The van der Waals surface area contributed by atoms with Gasteiger partial charge >= 0.3 is 0 Å². The van der Waals surface area contributed by atoms with Gasteiger partial charge in [-0.3, -0.25) is 4.79 Å². The molecule has 1 aromatic heterocycles. The fourth-order valence-corrected chi connectivity index (χ4v) is 3.94. The highest BCUT2D eigenvalue weighted by atomic mass is 32.2. The molecule has 2 aromatic carbocycles. The summed E-state index contributed by atoms with van der Waals surface area (Å²) in [6, 6.07) is 14.0. The van der Waals surface area contributed by atoms with E-state index in [0.29, 0.717) is 16.9 Å². The molecule has 0 spiro atoms. The summed E-state index contributed by atoms with van der Waals surface area (Å²) in [5.41, 5.74) is 5.52. The number of aromatic nitrogens is 2. The number of aryl methyl sites for hydroxylation is 3. The molecule has 0 N–H and O–H groups in total. The predicted molar refractivity (Wildman–Crippen MR) is 103 cm³/mol. The van der Waals surface area contributed by atoms with Crippen LogP contribution in [0.1, 0.15) is 39.9 Å². The zero-order valence-electron chi connectivity index (χ0n) is 14.7. The van der Waals surface area contributed by atoms with Crippen LogP contribution in [0.3, 0.4) is 0 Å². The normalized spacial score (nSPS) is 13.4. The Balaban J connectivity index is 1.42. The third-order valence-electron chi connectivity index (χ3n) is 4.67. The third-order valence-corrected chi connectivity index (χ3v) is 5.49. The topological polar surface area (TPSA) is 56.0 Å². The van der Waals surface area contributed by atoms with Gasteiger partial charge in [-0.1, -0.05) is 41.6 Å². The Kier molecular flexibility index (Phi) is 4.89. The standard InChI is InChI=1S/C21H20N2O2S/c1-14-5-4-8-18(11-14)20-22-23-21(25-20)26-13-19(24)17-10-9-15-6-2-3-7-16(15)12-17/h4-5,8-12H,2-3,6-7,13H2,1H3. The molecule has 0 radical (unpaired) electrons. The van der Waals surface area contributed by atoms with E-state index in [4.69, 9.17) is 4.42 Å². The Labute approximate surface area is 157 Å². The van der Waals surface area contributed by atoms with E-state index in [9.17, 15) is 4.79 Å². The summed E-state index contributed by atoms with van der Waals surface area (Å²) >= 11 is 1.29. The minimum atomic E-state index is 0.0960. The fraction of sp³-hybridized carbons (Fsp3) is 0.286. The van der Waals surface area contributed by atoms with Crippen molar-refractivity contribution in [3.05, 3.63) is 64.7 Å². The molecule has 0 aliphatic heterocycles. The Bertz CT molecular complexity index is 949. The number of hydrogen-bond donors (Lipinski definition) is 0. The summed E-state index contributed by atoms with van der Waals surface area (Å²) in [6.45, 7) is 2.02. The molecule has 4 rings (SSSR count). The lowest BCUT2D eigenvalue weighted by Crippen LogP contribution is -2.07. The molecule has 4 nitrogen and oxygen atoms in total. The first-order chi connectivity index (χ1) is 12.7. The van der Waals surface area contributed by atoms with Gasteiger partial charge in [0.25, 0.3) is 5.22 Å². The molecule has 0 atom stereocenters. The minimum absolute atomic E-state index is 0.0960. The number of nitrogens with zero attached hydrogens (tertiary/aromatic N) is 2. The van der Waals surface area contributed by atoms with Crippen molar-refractivity contribution in [2.45, 2.75) is 37.8 Å². The second-order valence-corrected chi connectivity index (χ2v) is 7.57. The Morgan fingerprint density at radius 1 is 1.08 bits per heavy atom. The van der Waals surface area contributed by atoms with E-state index in [1.807, 2.05) is 37.3 Å². The van der Waals surface area contributed by atoms with Gasteiger partial charge < -0.3 is 4.42 Å². The van der Waals surface area contributed by atoms with Crippen molar-refractivity contribution < 1.29 is 9.21 Å². The molecule has 1 aliphatic rings. The van der Waals surface area contributed by atoms with Gasteiger partial charge in [0.2, 0.25) is 5.89 Å². The maximum absolute atomic E-state index is 12.5. The van der Waals surface area contributed by atoms with Crippen LogP contribution in [0.4, 0.5) is 0 Å². The van der Waals surface area contributed by atoms with E-state index in [-0.39, 0.29) is 5.78 Å².